The molecule has 150 valence electrons. The molecule has 4 N–H and O–H groups in total. The number of carbonyl (C=O) groups is 1. The van der Waals surface area contributed by atoms with Gasteiger partial charge in [0.05, 0.1) is 12.8 Å². The minimum absolute atomic E-state index is 0.000857. The zero-order valence-corrected chi connectivity index (χ0v) is 17.1. The highest BCUT2D eigenvalue weighted by Crippen LogP contribution is 2.31. The molecule has 0 fully saturated rings. The van der Waals surface area contributed by atoms with Crippen LogP contribution in [0.2, 0.25) is 0 Å². The van der Waals surface area contributed by atoms with E-state index in [1.807, 2.05) is 31.2 Å². The molecule has 8 nitrogen and oxygen atoms in total. The summed E-state index contributed by atoms with van der Waals surface area (Å²) >= 11 is 0. The molecular weight excluding hydrogens is 366 g/mol. The molecule has 1 aliphatic heterocycles. The van der Waals surface area contributed by atoms with Crippen molar-refractivity contribution in [1.82, 2.24) is 15.4 Å². The molecule has 1 atom stereocenters. The zero-order chi connectivity index (χ0) is 20.1. The van der Waals surface area contributed by atoms with Gasteiger partial charge in [0.2, 0.25) is 15.9 Å². The Morgan fingerprint density at radius 3 is 2.67 bits per heavy atom. The van der Waals surface area contributed by atoms with E-state index in [1.165, 1.54) is 0 Å². The lowest BCUT2D eigenvalue weighted by Crippen LogP contribution is -2.47. The number of fused-ring (bicyclic) bond motifs is 1. The van der Waals surface area contributed by atoms with Crippen molar-refractivity contribution in [2.45, 2.75) is 38.6 Å². The number of guanidine groups is 1. The second-order valence-electron chi connectivity index (χ2n) is 7.37. The molecule has 0 saturated heterocycles. The van der Waals surface area contributed by atoms with E-state index >= 15 is 0 Å². The fourth-order valence-corrected chi connectivity index (χ4v) is 4.12. The van der Waals surface area contributed by atoms with Crippen molar-refractivity contribution in [2.24, 2.45) is 4.99 Å². The zero-order valence-electron chi connectivity index (χ0n) is 16.3. The quantitative estimate of drug-likeness (QED) is 0.406. The molecule has 0 radical (unpaired) electrons. The van der Waals surface area contributed by atoms with E-state index in [2.05, 4.69) is 25.7 Å². The van der Waals surface area contributed by atoms with Gasteiger partial charge in [-0.05, 0) is 32.4 Å². The van der Waals surface area contributed by atoms with Crippen LogP contribution in [-0.2, 0) is 14.8 Å². The molecule has 1 heterocycles. The van der Waals surface area contributed by atoms with Crippen molar-refractivity contribution >= 4 is 27.6 Å². The largest absolute Gasteiger partial charge is 0.357 e. The van der Waals surface area contributed by atoms with Gasteiger partial charge < -0.3 is 16.0 Å². The minimum Gasteiger partial charge on any atom is -0.357 e. The summed E-state index contributed by atoms with van der Waals surface area (Å²) in [7, 11) is -3.32. The van der Waals surface area contributed by atoms with E-state index in [9.17, 15) is 13.2 Å². The first-order valence-electron chi connectivity index (χ1n) is 8.99. The molecule has 0 bridgehead atoms. The Balaban J connectivity index is 2.05. The summed E-state index contributed by atoms with van der Waals surface area (Å²) in [6, 6.07) is 7.78. The van der Waals surface area contributed by atoms with Gasteiger partial charge >= 0.3 is 0 Å². The van der Waals surface area contributed by atoms with Crippen LogP contribution in [0.3, 0.4) is 0 Å². The van der Waals surface area contributed by atoms with E-state index in [4.69, 9.17) is 0 Å². The first kappa shape index (κ1) is 21.2. The van der Waals surface area contributed by atoms with E-state index in [-0.39, 0.29) is 18.4 Å². The fraction of sp³-hybridized carbons (Fsp3) is 0.556. The lowest BCUT2D eigenvalue weighted by molar-refractivity contribution is -0.116. The van der Waals surface area contributed by atoms with Crippen LogP contribution in [0.25, 0.3) is 0 Å². The number of sulfonamides is 1. The molecule has 1 aromatic carbocycles. The monoisotopic (exact) mass is 395 g/mol. The number of aliphatic imine (C=N–C) groups is 1. The number of para-hydroxylation sites is 1. The summed E-state index contributed by atoms with van der Waals surface area (Å²) in [5.74, 6) is 0.631. The van der Waals surface area contributed by atoms with Crippen LogP contribution in [-0.4, -0.2) is 51.7 Å². The van der Waals surface area contributed by atoms with E-state index in [0.29, 0.717) is 25.5 Å². The van der Waals surface area contributed by atoms with Gasteiger partial charge in [0, 0.05) is 36.7 Å². The maximum absolute atomic E-state index is 11.9. The van der Waals surface area contributed by atoms with Crippen LogP contribution in [0.5, 0.6) is 0 Å². The maximum atomic E-state index is 11.9. The highest BCUT2D eigenvalue weighted by molar-refractivity contribution is 7.88. The van der Waals surface area contributed by atoms with Gasteiger partial charge in [0.25, 0.3) is 0 Å². The third kappa shape index (κ3) is 6.84. The molecule has 1 aliphatic rings. The lowest BCUT2D eigenvalue weighted by atomic mass is 9.90. The second-order valence-corrected chi connectivity index (χ2v) is 9.12. The molecule has 0 aliphatic carbocycles. The van der Waals surface area contributed by atoms with Crippen LogP contribution < -0.4 is 20.7 Å². The average Bonchev–Trinajstić information content (AvgIpc) is 2.55. The third-order valence-corrected chi connectivity index (χ3v) is 4.98. The molecule has 1 aromatic rings. The normalized spacial score (nSPS) is 17.9. The standard InChI is InChI=1S/C18H29N5O3S/c1-5-19-17(21-12-18(2,3)23-27(4,25)26)20-11-13-10-16(24)22-15-9-7-6-8-14(13)15/h6-9,13,23H,5,10-12H2,1-4H3,(H,22,24)(H2,19,20,21). The molecule has 9 heteroatoms. The van der Waals surface area contributed by atoms with Crippen LogP contribution in [0.4, 0.5) is 5.69 Å². The van der Waals surface area contributed by atoms with Crippen molar-refractivity contribution in [3.8, 4) is 0 Å². The number of benzene rings is 1. The van der Waals surface area contributed by atoms with Crippen LogP contribution in [0, 0.1) is 0 Å². The molecule has 0 aromatic heterocycles. The topological polar surface area (TPSA) is 112 Å². The maximum Gasteiger partial charge on any atom is 0.225 e. The highest BCUT2D eigenvalue weighted by Gasteiger charge is 2.25. The van der Waals surface area contributed by atoms with Crippen molar-refractivity contribution in [1.29, 1.82) is 0 Å². The number of hydrogen-bond acceptors (Lipinski definition) is 4. The molecule has 1 unspecified atom stereocenters. The summed E-state index contributed by atoms with van der Waals surface area (Å²) in [6.07, 6.45) is 1.54. The van der Waals surface area contributed by atoms with Crippen molar-refractivity contribution in [2.75, 3.05) is 31.2 Å². The minimum atomic E-state index is -3.32. The number of anilines is 1. The molecule has 2 rings (SSSR count). The van der Waals surface area contributed by atoms with Gasteiger partial charge in [-0.25, -0.2) is 13.1 Å². The summed E-state index contributed by atoms with van der Waals surface area (Å²) in [6.45, 7) is 7.02. The Hall–Kier alpha value is -2.13. The summed E-state index contributed by atoms with van der Waals surface area (Å²) in [4.78, 5) is 16.4. The van der Waals surface area contributed by atoms with Gasteiger partial charge in [-0.3, -0.25) is 9.79 Å². The van der Waals surface area contributed by atoms with Crippen molar-refractivity contribution in [3.05, 3.63) is 29.8 Å². The van der Waals surface area contributed by atoms with Gasteiger partial charge in [0.15, 0.2) is 5.96 Å². The number of hydrogen-bond donors (Lipinski definition) is 4. The Morgan fingerprint density at radius 1 is 1.30 bits per heavy atom. The Morgan fingerprint density at radius 2 is 2.00 bits per heavy atom. The summed E-state index contributed by atoms with van der Waals surface area (Å²) in [5, 5.41) is 9.31. The molecule has 1 amide bonds. The van der Waals surface area contributed by atoms with Crippen molar-refractivity contribution < 1.29 is 13.2 Å². The van der Waals surface area contributed by atoms with Gasteiger partial charge in [0.1, 0.15) is 0 Å². The second kappa shape index (κ2) is 8.71. The highest BCUT2D eigenvalue weighted by atomic mass is 32.2. The SMILES string of the molecule is CCNC(=NCC(C)(C)NS(C)(=O)=O)NCC1CC(=O)Nc2ccccc21. The first-order valence-corrected chi connectivity index (χ1v) is 10.9. The van der Waals surface area contributed by atoms with E-state index < -0.39 is 15.6 Å². The fourth-order valence-electron chi connectivity index (χ4n) is 3.06. The number of nitrogens with zero attached hydrogens (tertiary/aromatic N) is 1. The first-order chi connectivity index (χ1) is 12.6. The lowest BCUT2D eigenvalue weighted by Gasteiger charge is -2.27. The number of carbonyl (C=O) groups excluding carboxylic acids is 1. The predicted octanol–water partition coefficient (Wildman–Crippen LogP) is 0.995. The van der Waals surface area contributed by atoms with Crippen LogP contribution in [0.1, 0.15) is 38.7 Å². The van der Waals surface area contributed by atoms with E-state index in [1.54, 1.807) is 13.8 Å². The van der Waals surface area contributed by atoms with Gasteiger partial charge in [-0.2, -0.15) is 0 Å². The number of nitrogens with one attached hydrogen (secondary N) is 4. The Bertz CT molecular complexity index is 805. The predicted molar refractivity (Wildman–Crippen MR) is 108 cm³/mol. The molecule has 27 heavy (non-hydrogen) atoms. The van der Waals surface area contributed by atoms with Gasteiger partial charge in [-0.15, -0.1) is 0 Å². The molecule has 0 spiro atoms. The molecule has 0 saturated carbocycles. The van der Waals surface area contributed by atoms with E-state index in [0.717, 1.165) is 17.5 Å². The Kier molecular flexibility index (Phi) is 6.83. The smallest absolute Gasteiger partial charge is 0.225 e. The van der Waals surface area contributed by atoms with Crippen molar-refractivity contribution in [3.63, 3.8) is 0 Å². The average molecular weight is 396 g/mol. The Labute approximate surface area is 161 Å². The van der Waals surface area contributed by atoms with Crippen LogP contribution in [0.15, 0.2) is 29.3 Å². The summed E-state index contributed by atoms with van der Waals surface area (Å²) in [5.41, 5.74) is 1.24. The number of amides is 1. The summed E-state index contributed by atoms with van der Waals surface area (Å²) < 4.78 is 25.5. The van der Waals surface area contributed by atoms with Crippen LogP contribution >= 0.6 is 0 Å². The number of rotatable bonds is 7. The molecular formula is C18H29N5O3S. The third-order valence-electron chi connectivity index (χ3n) is 4.06. The van der Waals surface area contributed by atoms with Gasteiger partial charge in [-0.1, -0.05) is 18.2 Å².